The lowest BCUT2D eigenvalue weighted by molar-refractivity contribution is 0.0998. The Balaban J connectivity index is 1.85. The van der Waals surface area contributed by atoms with Crippen LogP contribution < -0.4 is 5.32 Å². The molecule has 0 amide bonds. The third-order valence-corrected chi connectivity index (χ3v) is 4.95. The molecule has 0 saturated carbocycles. The highest BCUT2D eigenvalue weighted by molar-refractivity contribution is 14.1. The van der Waals surface area contributed by atoms with E-state index >= 15 is 0 Å². The van der Waals surface area contributed by atoms with Gasteiger partial charge in [-0.3, -0.25) is 0 Å². The Labute approximate surface area is 115 Å². The number of rotatable bonds is 5. The Kier molecular flexibility index (Phi) is 5.06. The fourth-order valence-corrected chi connectivity index (χ4v) is 3.63. The number of hydrogen-bond donors (Lipinski definition) is 1. The van der Waals surface area contributed by atoms with Gasteiger partial charge in [0, 0.05) is 12.6 Å². The van der Waals surface area contributed by atoms with E-state index in [-0.39, 0.29) is 0 Å². The van der Waals surface area contributed by atoms with E-state index in [9.17, 15) is 0 Å². The van der Waals surface area contributed by atoms with Gasteiger partial charge in [-0.25, -0.2) is 0 Å². The molecular formula is C12H18INOS. The van der Waals surface area contributed by atoms with Gasteiger partial charge in [0.25, 0.3) is 0 Å². The molecule has 0 bridgehead atoms. The quantitative estimate of drug-likeness (QED) is 0.819. The fraction of sp³-hybridized carbons (Fsp3) is 0.667. The smallest absolute Gasteiger partial charge is 0.0656 e. The van der Waals surface area contributed by atoms with E-state index in [2.05, 4.69) is 39.4 Å². The Morgan fingerprint density at radius 3 is 3.12 bits per heavy atom. The monoisotopic (exact) mass is 351 g/mol. The van der Waals surface area contributed by atoms with Crippen molar-refractivity contribution in [3.05, 3.63) is 19.9 Å². The summed E-state index contributed by atoms with van der Waals surface area (Å²) in [5.41, 5.74) is 1.43. The van der Waals surface area contributed by atoms with E-state index < -0.39 is 0 Å². The summed E-state index contributed by atoms with van der Waals surface area (Å²) in [5.74, 6) is 0. The second-order valence-corrected chi connectivity index (χ2v) is 7.04. The summed E-state index contributed by atoms with van der Waals surface area (Å²) < 4.78 is 7.03. The van der Waals surface area contributed by atoms with Gasteiger partial charge in [0.1, 0.15) is 0 Å². The molecule has 4 heteroatoms. The van der Waals surface area contributed by atoms with Crippen LogP contribution in [0.1, 0.15) is 37.3 Å². The van der Waals surface area contributed by atoms with Crippen molar-refractivity contribution in [1.82, 2.24) is 5.32 Å². The number of hydrogen-bond acceptors (Lipinski definition) is 3. The molecule has 0 aliphatic carbocycles. The molecule has 0 radical (unpaired) electrons. The number of thiophene rings is 1. The van der Waals surface area contributed by atoms with E-state index in [0.717, 1.165) is 6.61 Å². The van der Waals surface area contributed by atoms with E-state index in [1.807, 2.05) is 18.4 Å². The zero-order valence-electron chi connectivity index (χ0n) is 9.54. The fourth-order valence-electron chi connectivity index (χ4n) is 2.21. The summed E-state index contributed by atoms with van der Waals surface area (Å²) in [6, 6.07) is 2.77. The highest BCUT2D eigenvalue weighted by Crippen LogP contribution is 2.27. The van der Waals surface area contributed by atoms with Crippen LogP contribution in [-0.2, 0) is 4.74 Å². The Hall–Kier alpha value is 0.350. The van der Waals surface area contributed by atoms with E-state index in [1.165, 1.54) is 34.1 Å². The molecule has 1 aliphatic heterocycles. The topological polar surface area (TPSA) is 21.3 Å². The lowest BCUT2D eigenvalue weighted by Crippen LogP contribution is -2.18. The zero-order chi connectivity index (χ0) is 11.4. The minimum Gasteiger partial charge on any atom is -0.378 e. The Bertz CT molecular complexity index is 323. The van der Waals surface area contributed by atoms with Gasteiger partial charge in [-0.05, 0) is 72.3 Å². The Morgan fingerprint density at radius 2 is 2.56 bits per heavy atom. The molecule has 2 heterocycles. The minimum absolute atomic E-state index is 0.490. The zero-order valence-corrected chi connectivity index (χ0v) is 12.5. The Morgan fingerprint density at radius 1 is 1.69 bits per heavy atom. The average Bonchev–Trinajstić information content (AvgIpc) is 2.91. The lowest BCUT2D eigenvalue weighted by atomic mass is 10.0. The van der Waals surface area contributed by atoms with Crippen LogP contribution in [0.4, 0.5) is 0 Å². The highest BCUT2D eigenvalue weighted by Gasteiger charge is 2.18. The molecule has 2 nitrogen and oxygen atoms in total. The molecule has 90 valence electrons. The van der Waals surface area contributed by atoms with Gasteiger partial charge in [0.2, 0.25) is 0 Å². The first-order chi connectivity index (χ1) is 7.79. The van der Waals surface area contributed by atoms with Crippen LogP contribution >= 0.6 is 33.9 Å². The summed E-state index contributed by atoms with van der Waals surface area (Å²) >= 11 is 4.20. The molecule has 2 unspecified atom stereocenters. The second kappa shape index (κ2) is 6.33. The maximum Gasteiger partial charge on any atom is 0.0656 e. The molecule has 2 rings (SSSR count). The average molecular weight is 351 g/mol. The minimum atomic E-state index is 0.490. The first-order valence-electron chi connectivity index (χ1n) is 5.82. The predicted octanol–water partition coefficient (Wildman–Crippen LogP) is 3.57. The van der Waals surface area contributed by atoms with Crippen LogP contribution in [0.15, 0.2) is 11.4 Å². The largest absolute Gasteiger partial charge is 0.378 e. The summed E-state index contributed by atoms with van der Waals surface area (Å²) in [6.07, 6.45) is 5.35. The molecule has 16 heavy (non-hydrogen) atoms. The molecule has 1 saturated heterocycles. The van der Waals surface area contributed by atoms with Crippen LogP contribution in [0.25, 0.3) is 0 Å². The molecule has 1 N–H and O–H groups in total. The van der Waals surface area contributed by atoms with Crippen LogP contribution in [0, 0.1) is 2.88 Å². The normalized spacial score (nSPS) is 22.5. The lowest BCUT2D eigenvalue weighted by Gasteiger charge is -2.17. The van der Waals surface area contributed by atoms with Gasteiger partial charge in [0.15, 0.2) is 0 Å². The predicted molar refractivity (Wildman–Crippen MR) is 77.0 cm³/mol. The first-order valence-corrected chi connectivity index (χ1v) is 7.78. The molecule has 1 aliphatic rings. The summed E-state index contributed by atoms with van der Waals surface area (Å²) in [6.45, 7) is 0.964. The van der Waals surface area contributed by atoms with Crippen molar-refractivity contribution in [2.75, 3.05) is 13.7 Å². The molecular weight excluding hydrogens is 333 g/mol. The van der Waals surface area contributed by atoms with Crippen molar-refractivity contribution in [2.45, 2.75) is 37.8 Å². The number of nitrogens with one attached hydrogen (secondary N) is 1. The van der Waals surface area contributed by atoms with Crippen LogP contribution in [0.2, 0.25) is 0 Å². The van der Waals surface area contributed by atoms with Crippen molar-refractivity contribution >= 4 is 33.9 Å². The summed E-state index contributed by atoms with van der Waals surface area (Å²) in [5, 5.41) is 5.67. The maximum absolute atomic E-state index is 5.66. The van der Waals surface area contributed by atoms with Gasteiger partial charge in [0.05, 0.1) is 8.99 Å². The molecule has 0 aromatic carbocycles. The maximum atomic E-state index is 5.66. The molecule has 1 aromatic heterocycles. The summed E-state index contributed by atoms with van der Waals surface area (Å²) in [7, 11) is 2.05. The standard InChI is InChI=1S/C12H18INOS/c1-14-11(9-7-12(13)16-8-9)5-4-10-3-2-6-15-10/h7-8,10-11,14H,2-6H2,1H3. The summed E-state index contributed by atoms with van der Waals surface area (Å²) in [4.78, 5) is 0. The molecule has 2 atom stereocenters. The van der Waals surface area contributed by atoms with Crippen molar-refractivity contribution < 1.29 is 4.74 Å². The third-order valence-electron chi connectivity index (χ3n) is 3.14. The highest BCUT2D eigenvalue weighted by atomic mass is 127. The number of halogens is 1. The number of ether oxygens (including phenoxy) is 1. The van der Waals surface area contributed by atoms with E-state index in [4.69, 9.17) is 4.74 Å². The van der Waals surface area contributed by atoms with Gasteiger partial charge in [-0.15, -0.1) is 11.3 Å². The first kappa shape index (κ1) is 12.8. The second-order valence-electron chi connectivity index (χ2n) is 4.24. The van der Waals surface area contributed by atoms with Crippen LogP contribution in [0.3, 0.4) is 0 Å². The SMILES string of the molecule is CNC(CCC1CCCO1)c1csc(I)c1. The molecule has 0 spiro atoms. The van der Waals surface area contributed by atoms with Crippen molar-refractivity contribution in [2.24, 2.45) is 0 Å². The van der Waals surface area contributed by atoms with Crippen molar-refractivity contribution in [3.63, 3.8) is 0 Å². The van der Waals surface area contributed by atoms with E-state index in [0.29, 0.717) is 12.1 Å². The van der Waals surface area contributed by atoms with Gasteiger partial charge in [-0.1, -0.05) is 0 Å². The van der Waals surface area contributed by atoms with Crippen LogP contribution in [0.5, 0.6) is 0 Å². The van der Waals surface area contributed by atoms with Gasteiger partial charge in [-0.2, -0.15) is 0 Å². The van der Waals surface area contributed by atoms with E-state index in [1.54, 1.807) is 0 Å². The third kappa shape index (κ3) is 3.42. The van der Waals surface area contributed by atoms with Gasteiger partial charge < -0.3 is 10.1 Å². The molecule has 1 fully saturated rings. The van der Waals surface area contributed by atoms with Gasteiger partial charge >= 0.3 is 0 Å². The molecule has 1 aromatic rings. The van der Waals surface area contributed by atoms with Crippen molar-refractivity contribution in [1.29, 1.82) is 0 Å². The van der Waals surface area contributed by atoms with Crippen LogP contribution in [-0.4, -0.2) is 19.8 Å². The van der Waals surface area contributed by atoms with Crippen molar-refractivity contribution in [3.8, 4) is 0 Å².